The van der Waals surface area contributed by atoms with Crippen molar-refractivity contribution in [2.24, 2.45) is 5.92 Å². The molecule has 3 fully saturated rings. The molecule has 1 saturated carbocycles. The van der Waals surface area contributed by atoms with E-state index in [1.54, 1.807) is 0 Å². The number of hydrogen-bond acceptors (Lipinski definition) is 6. The van der Waals surface area contributed by atoms with Crippen LogP contribution in [0.4, 0.5) is 5.69 Å². The van der Waals surface area contributed by atoms with Gasteiger partial charge in [-0.05, 0) is 69.3 Å². The predicted molar refractivity (Wildman–Crippen MR) is 128 cm³/mol. The Bertz CT molecular complexity index is 883. The first-order chi connectivity index (χ1) is 16.6. The van der Waals surface area contributed by atoms with Crippen LogP contribution in [0.1, 0.15) is 62.8 Å². The number of hydrogen-bond donors (Lipinski definition) is 3. The van der Waals surface area contributed by atoms with Crippen LogP contribution in [0.25, 0.3) is 0 Å². The van der Waals surface area contributed by atoms with Crippen molar-refractivity contribution in [2.75, 3.05) is 38.1 Å². The van der Waals surface area contributed by atoms with Crippen LogP contribution >= 0.6 is 0 Å². The normalized spacial score (nSPS) is 28.5. The lowest BCUT2D eigenvalue weighted by molar-refractivity contribution is -0.142. The molecule has 3 heterocycles. The molecule has 2 saturated heterocycles. The SMILES string of the molecule is O=C(C[C@@H]1C[C@H]2c3cc(NC(=O)CC4CC4)ccc3O[C@H]2[C@@H](CO)O1)NCCN1CCCCC1. The number of ether oxygens (including phenoxy) is 2. The number of aliphatic hydroxyl groups is 1. The number of anilines is 1. The van der Waals surface area contributed by atoms with Gasteiger partial charge in [-0.1, -0.05) is 6.42 Å². The Morgan fingerprint density at radius 3 is 2.68 bits per heavy atom. The zero-order chi connectivity index (χ0) is 23.5. The monoisotopic (exact) mass is 471 g/mol. The fourth-order valence-corrected chi connectivity index (χ4v) is 5.58. The number of fused-ring (bicyclic) bond motifs is 3. The molecule has 4 aliphatic rings. The van der Waals surface area contributed by atoms with Gasteiger partial charge in [-0.15, -0.1) is 0 Å². The molecule has 0 unspecified atom stereocenters. The van der Waals surface area contributed by atoms with Gasteiger partial charge in [0.25, 0.3) is 0 Å². The van der Waals surface area contributed by atoms with Crippen molar-refractivity contribution >= 4 is 17.5 Å². The minimum Gasteiger partial charge on any atom is -0.487 e. The Morgan fingerprint density at radius 2 is 1.91 bits per heavy atom. The highest BCUT2D eigenvalue weighted by atomic mass is 16.6. The maximum atomic E-state index is 12.6. The van der Waals surface area contributed by atoms with E-state index in [1.807, 2.05) is 18.2 Å². The minimum absolute atomic E-state index is 0.0163. The topological polar surface area (TPSA) is 100 Å². The van der Waals surface area contributed by atoms with E-state index in [0.29, 0.717) is 25.3 Å². The van der Waals surface area contributed by atoms with Gasteiger partial charge in [0, 0.05) is 36.7 Å². The number of amides is 2. The third-order valence-electron chi connectivity index (χ3n) is 7.57. The summed E-state index contributed by atoms with van der Waals surface area (Å²) in [4.78, 5) is 27.3. The van der Waals surface area contributed by atoms with Gasteiger partial charge in [0.15, 0.2) is 0 Å². The molecule has 0 spiro atoms. The van der Waals surface area contributed by atoms with Gasteiger partial charge in [0.1, 0.15) is 18.0 Å². The summed E-state index contributed by atoms with van der Waals surface area (Å²) in [5.41, 5.74) is 1.79. The smallest absolute Gasteiger partial charge is 0.224 e. The number of nitrogens with zero attached hydrogens (tertiary/aromatic N) is 1. The molecule has 0 aromatic heterocycles. The molecule has 186 valence electrons. The number of benzene rings is 1. The van der Waals surface area contributed by atoms with Gasteiger partial charge >= 0.3 is 0 Å². The Hall–Kier alpha value is -2.16. The standard InChI is InChI=1S/C26H37N3O5/c30-16-23-26-21(14-19(33-23)15-24(31)27-8-11-29-9-2-1-3-10-29)20-13-18(6-7-22(20)34-26)28-25(32)12-17-4-5-17/h6-7,13,17,19,21,23,26,30H,1-5,8-12,14-16H2,(H,27,31)(H,28,32)/t19-,21-,23+,26+/m0/s1. The Balaban J connectivity index is 1.17. The van der Waals surface area contributed by atoms with Crippen molar-refractivity contribution in [1.29, 1.82) is 0 Å². The fraction of sp³-hybridized carbons (Fsp3) is 0.692. The van der Waals surface area contributed by atoms with Crippen molar-refractivity contribution in [3.05, 3.63) is 23.8 Å². The molecule has 4 atom stereocenters. The zero-order valence-corrected chi connectivity index (χ0v) is 19.8. The second-order valence-corrected chi connectivity index (χ2v) is 10.3. The maximum Gasteiger partial charge on any atom is 0.224 e. The van der Waals surface area contributed by atoms with Crippen LogP contribution in [0.3, 0.4) is 0 Å². The molecule has 1 aliphatic carbocycles. The number of piperidine rings is 1. The Labute approximate surface area is 201 Å². The lowest BCUT2D eigenvalue weighted by Gasteiger charge is -2.37. The molecule has 5 rings (SSSR count). The molecule has 0 radical (unpaired) electrons. The minimum atomic E-state index is -0.481. The third-order valence-corrected chi connectivity index (χ3v) is 7.57. The van der Waals surface area contributed by atoms with Gasteiger partial charge in [0.2, 0.25) is 11.8 Å². The third kappa shape index (κ3) is 5.73. The van der Waals surface area contributed by atoms with Crippen molar-refractivity contribution in [3.63, 3.8) is 0 Å². The molecule has 3 N–H and O–H groups in total. The molecule has 1 aromatic rings. The van der Waals surface area contributed by atoms with E-state index in [2.05, 4.69) is 15.5 Å². The highest BCUT2D eigenvalue weighted by molar-refractivity contribution is 5.91. The average molecular weight is 472 g/mol. The molecule has 2 amide bonds. The molecule has 0 bridgehead atoms. The first-order valence-corrected chi connectivity index (χ1v) is 12.9. The van der Waals surface area contributed by atoms with Crippen molar-refractivity contribution in [2.45, 2.75) is 75.6 Å². The zero-order valence-electron chi connectivity index (χ0n) is 19.8. The van der Waals surface area contributed by atoms with Crippen LogP contribution in [-0.2, 0) is 14.3 Å². The first kappa shape index (κ1) is 23.6. The summed E-state index contributed by atoms with van der Waals surface area (Å²) < 4.78 is 12.2. The Morgan fingerprint density at radius 1 is 1.09 bits per heavy atom. The van der Waals surface area contributed by atoms with E-state index in [0.717, 1.165) is 49.5 Å². The summed E-state index contributed by atoms with van der Waals surface area (Å²) in [7, 11) is 0. The van der Waals surface area contributed by atoms with E-state index >= 15 is 0 Å². The van der Waals surface area contributed by atoms with Crippen LogP contribution in [0, 0.1) is 5.92 Å². The summed E-state index contributed by atoms with van der Waals surface area (Å²) in [6.45, 7) is 3.61. The van der Waals surface area contributed by atoms with Gasteiger partial charge in [-0.25, -0.2) is 0 Å². The number of aliphatic hydroxyl groups excluding tert-OH is 1. The van der Waals surface area contributed by atoms with Crippen LogP contribution < -0.4 is 15.4 Å². The summed E-state index contributed by atoms with van der Waals surface area (Å²) in [6, 6.07) is 5.74. The van der Waals surface area contributed by atoms with Gasteiger partial charge in [0.05, 0.1) is 19.1 Å². The molecule has 8 nitrogen and oxygen atoms in total. The first-order valence-electron chi connectivity index (χ1n) is 12.9. The van der Waals surface area contributed by atoms with Crippen LogP contribution in [0.2, 0.25) is 0 Å². The van der Waals surface area contributed by atoms with Crippen LogP contribution in [0.5, 0.6) is 5.75 Å². The van der Waals surface area contributed by atoms with Crippen molar-refractivity contribution in [1.82, 2.24) is 10.2 Å². The Kier molecular flexibility index (Phi) is 7.37. The van der Waals surface area contributed by atoms with Crippen LogP contribution in [-0.4, -0.2) is 72.9 Å². The van der Waals surface area contributed by atoms with Crippen molar-refractivity contribution < 1.29 is 24.2 Å². The molecular weight excluding hydrogens is 434 g/mol. The van der Waals surface area contributed by atoms with E-state index < -0.39 is 6.10 Å². The molecule has 3 aliphatic heterocycles. The van der Waals surface area contributed by atoms with E-state index in [4.69, 9.17) is 9.47 Å². The quantitative estimate of drug-likeness (QED) is 0.512. The summed E-state index contributed by atoms with van der Waals surface area (Å²) in [5, 5.41) is 16.0. The number of likely N-dealkylation sites (tertiary alicyclic amines) is 1. The van der Waals surface area contributed by atoms with E-state index in [1.165, 1.54) is 19.3 Å². The highest BCUT2D eigenvalue weighted by Crippen LogP contribution is 2.47. The summed E-state index contributed by atoms with van der Waals surface area (Å²) in [5.74, 6) is 1.36. The number of carbonyl (C=O) groups excluding carboxylic acids is 2. The molecule has 34 heavy (non-hydrogen) atoms. The highest BCUT2D eigenvalue weighted by Gasteiger charge is 2.46. The lowest BCUT2D eigenvalue weighted by atomic mass is 9.84. The maximum absolute atomic E-state index is 12.6. The predicted octanol–water partition coefficient (Wildman–Crippen LogP) is 2.41. The molecule has 1 aromatic carbocycles. The van der Waals surface area contributed by atoms with Gasteiger partial charge in [-0.3, -0.25) is 9.59 Å². The fourth-order valence-electron chi connectivity index (χ4n) is 5.58. The molecular formula is C26H37N3O5. The number of rotatable bonds is 9. The number of carbonyl (C=O) groups is 2. The summed E-state index contributed by atoms with van der Waals surface area (Å²) in [6.07, 6.45) is 6.52. The largest absolute Gasteiger partial charge is 0.487 e. The van der Waals surface area contributed by atoms with Crippen molar-refractivity contribution in [3.8, 4) is 5.75 Å². The molecule has 8 heteroatoms. The lowest BCUT2D eigenvalue weighted by Crippen LogP contribution is -2.47. The van der Waals surface area contributed by atoms with E-state index in [9.17, 15) is 14.7 Å². The second-order valence-electron chi connectivity index (χ2n) is 10.3. The van der Waals surface area contributed by atoms with Crippen LogP contribution in [0.15, 0.2) is 18.2 Å². The second kappa shape index (κ2) is 10.6. The average Bonchev–Trinajstić information content (AvgIpc) is 3.57. The number of nitrogens with one attached hydrogen (secondary N) is 2. The van der Waals surface area contributed by atoms with Gasteiger partial charge < -0.3 is 30.1 Å². The van der Waals surface area contributed by atoms with Gasteiger partial charge in [-0.2, -0.15) is 0 Å². The van der Waals surface area contributed by atoms with E-state index in [-0.39, 0.29) is 43.0 Å². The summed E-state index contributed by atoms with van der Waals surface area (Å²) >= 11 is 0.